The van der Waals surface area contributed by atoms with Crippen LogP contribution in [0.4, 0.5) is 5.69 Å². The lowest BCUT2D eigenvalue weighted by Gasteiger charge is -2.17. The van der Waals surface area contributed by atoms with Gasteiger partial charge in [0.05, 0.1) is 11.5 Å². The Morgan fingerprint density at radius 2 is 2.30 bits per heavy atom. The van der Waals surface area contributed by atoms with Crippen molar-refractivity contribution in [2.24, 2.45) is 4.99 Å². The molecule has 0 fully saturated rings. The Bertz CT molecular complexity index is 586. The molecule has 1 aromatic carbocycles. The van der Waals surface area contributed by atoms with Crippen LogP contribution in [0.3, 0.4) is 0 Å². The van der Waals surface area contributed by atoms with Crippen LogP contribution in [0, 0.1) is 17.0 Å². The molecule has 0 saturated heterocycles. The maximum atomic E-state index is 12.4. The molecule has 0 unspecified atom stereocenters. The largest absolute Gasteiger partial charge is 0.286 e. The summed E-state index contributed by atoms with van der Waals surface area (Å²) in [6, 6.07) is 4.56. The third-order valence-electron chi connectivity index (χ3n) is 2.97. The van der Waals surface area contributed by atoms with Gasteiger partial charge in [0, 0.05) is 23.7 Å². The van der Waals surface area contributed by atoms with Gasteiger partial charge in [0.1, 0.15) is 0 Å². The van der Waals surface area contributed by atoms with Crippen molar-refractivity contribution in [3.63, 3.8) is 0 Å². The van der Waals surface area contributed by atoms with Crippen LogP contribution in [0.2, 0.25) is 0 Å². The van der Waals surface area contributed by atoms with Crippen molar-refractivity contribution in [1.82, 2.24) is 4.90 Å². The smallest absolute Gasteiger partial charge is 0.273 e. The topological polar surface area (TPSA) is 75.8 Å². The molecule has 0 aliphatic carbocycles. The van der Waals surface area contributed by atoms with Gasteiger partial charge in [0.25, 0.3) is 11.6 Å². The molecular formula is C13H15N3O3S. The van der Waals surface area contributed by atoms with E-state index in [2.05, 4.69) is 4.99 Å². The highest BCUT2D eigenvalue weighted by Gasteiger charge is 2.26. The van der Waals surface area contributed by atoms with Crippen molar-refractivity contribution < 1.29 is 9.72 Å². The van der Waals surface area contributed by atoms with Gasteiger partial charge in [-0.1, -0.05) is 24.8 Å². The number of aliphatic imine (C=N–C) groups is 1. The van der Waals surface area contributed by atoms with Gasteiger partial charge < -0.3 is 0 Å². The second-order valence-corrected chi connectivity index (χ2v) is 5.54. The van der Waals surface area contributed by atoms with Crippen LogP contribution in [-0.4, -0.2) is 39.7 Å². The molecule has 0 spiro atoms. The summed E-state index contributed by atoms with van der Waals surface area (Å²) in [5.41, 5.74) is 0.843. The molecule has 0 bridgehead atoms. The van der Waals surface area contributed by atoms with E-state index in [1.54, 1.807) is 24.0 Å². The highest BCUT2D eigenvalue weighted by atomic mass is 32.2. The van der Waals surface area contributed by atoms with E-state index < -0.39 is 4.92 Å². The van der Waals surface area contributed by atoms with Gasteiger partial charge in [0.2, 0.25) is 0 Å². The van der Waals surface area contributed by atoms with E-state index in [-0.39, 0.29) is 11.6 Å². The van der Waals surface area contributed by atoms with Crippen molar-refractivity contribution in [2.75, 3.05) is 18.8 Å². The van der Waals surface area contributed by atoms with E-state index in [1.165, 1.54) is 17.8 Å². The Balaban J connectivity index is 2.28. The minimum Gasteiger partial charge on any atom is -0.286 e. The Hall–Kier alpha value is -1.89. The molecule has 1 aromatic rings. The molecule has 2 rings (SSSR count). The number of carbonyl (C=O) groups excluding carboxylic acids is 1. The van der Waals surface area contributed by atoms with Gasteiger partial charge in [-0.3, -0.25) is 24.8 Å². The van der Waals surface area contributed by atoms with Crippen molar-refractivity contribution in [3.05, 3.63) is 39.4 Å². The first-order valence-corrected chi connectivity index (χ1v) is 7.27. The Kier molecular flexibility index (Phi) is 4.39. The van der Waals surface area contributed by atoms with Crippen molar-refractivity contribution in [2.45, 2.75) is 13.8 Å². The molecule has 0 atom stereocenters. The number of nitro benzene ring substituents is 1. The Labute approximate surface area is 121 Å². The standard InChI is InChI=1S/C13H15N3O3S/c1-3-20-13-14-6-7-15(13)12(17)10-5-4-9(2)11(8-10)16(18)19/h4-5,8H,3,6-7H2,1-2H3. The van der Waals surface area contributed by atoms with E-state index in [9.17, 15) is 14.9 Å². The van der Waals surface area contributed by atoms with E-state index in [0.29, 0.717) is 29.4 Å². The summed E-state index contributed by atoms with van der Waals surface area (Å²) in [7, 11) is 0. The minimum atomic E-state index is -0.466. The molecular weight excluding hydrogens is 278 g/mol. The molecule has 0 radical (unpaired) electrons. The Morgan fingerprint density at radius 3 is 2.95 bits per heavy atom. The molecule has 6 nitrogen and oxygen atoms in total. The SMILES string of the molecule is CCSC1=NCCN1C(=O)c1ccc(C)c([N+](=O)[O-])c1. The number of nitrogens with zero attached hydrogens (tertiary/aromatic N) is 3. The van der Waals surface area contributed by atoms with Crippen molar-refractivity contribution >= 4 is 28.5 Å². The summed E-state index contributed by atoms with van der Waals surface area (Å²) < 4.78 is 0. The number of hydrogen-bond donors (Lipinski definition) is 0. The molecule has 0 aromatic heterocycles. The lowest BCUT2D eigenvalue weighted by molar-refractivity contribution is -0.385. The number of hydrogen-bond acceptors (Lipinski definition) is 5. The summed E-state index contributed by atoms with van der Waals surface area (Å²) in [6.07, 6.45) is 0. The molecule has 0 saturated carbocycles. The number of thioether (sulfide) groups is 1. The first-order valence-electron chi connectivity index (χ1n) is 6.28. The number of aryl methyl sites for hydroxylation is 1. The van der Waals surface area contributed by atoms with Crippen molar-refractivity contribution in [3.8, 4) is 0 Å². The summed E-state index contributed by atoms with van der Waals surface area (Å²) >= 11 is 1.50. The number of amidine groups is 1. The molecule has 1 amide bonds. The maximum Gasteiger partial charge on any atom is 0.273 e. The molecule has 20 heavy (non-hydrogen) atoms. The fraction of sp³-hybridized carbons (Fsp3) is 0.385. The predicted molar refractivity (Wildman–Crippen MR) is 79.3 cm³/mol. The normalized spacial score (nSPS) is 14.3. The average Bonchev–Trinajstić information content (AvgIpc) is 2.87. The predicted octanol–water partition coefficient (Wildman–Crippen LogP) is 2.47. The van der Waals surface area contributed by atoms with Crippen molar-refractivity contribution in [1.29, 1.82) is 0 Å². The third-order valence-corrected chi connectivity index (χ3v) is 3.87. The summed E-state index contributed by atoms with van der Waals surface area (Å²) in [4.78, 5) is 28.8. The average molecular weight is 293 g/mol. The highest BCUT2D eigenvalue weighted by Crippen LogP contribution is 2.22. The van der Waals surface area contributed by atoms with E-state index in [1.807, 2.05) is 6.92 Å². The van der Waals surface area contributed by atoms with Crippen LogP contribution in [0.1, 0.15) is 22.8 Å². The fourth-order valence-electron chi connectivity index (χ4n) is 1.96. The lowest BCUT2D eigenvalue weighted by Crippen LogP contribution is -2.32. The second-order valence-electron chi connectivity index (χ2n) is 4.31. The first kappa shape index (κ1) is 14.5. The van der Waals surface area contributed by atoms with Crippen LogP contribution in [0.25, 0.3) is 0 Å². The third kappa shape index (κ3) is 2.82. The lowest BCUT2D eigenvalue weighted by atomic mass is 10.1. The summed E-state index contributed by atoms with van der Waals surface area (Å²) in [5, 5.41) is 11.6. The number of amides is 1. The number of rotatable bonds is 3. The number of nitro groups is 1. The molecule has 7 heteroatoms. The molecule has 1 aliphatic heterocycles. The van der Waals surface area contributed by atoms with Gasteiger partial charge in [-0.15, -0.1) is 0 Å². The summed E-state index contributed by atoms with van der Waals surface area (Å²) in [6.45, 7) is 4.76. The summed E-state index contributed by atoms with van der Waals surface area (Å²) in [5.74, 6) is 0.599. The zero-order valence-corrected chi connectivity index (χ0v) is 12.1. The number of carbonyl (C=O) groups is 1. The van der Waals surface area contributed by atoms with E-state index >= 15 is 0 Å². The van der Waals surface area contributed by atoms with Gasteiger partial charge in [-0.25, -0.2) is 0 Å². The van der Waals surface area contributed by atoms with Crippen LogP contribution < -0.4 is 0 Å². The van der Waals surface area contributed by atoms with Gasteiger partial charge >= 0.3 is 0 Å². The zero-order valence-electron chi connectivity index (χ0n) is 11.3. The van der Waals surface area contributed by atoms with Crippen LogP contribution in [0.5, 0.6) is 0 Å². The monoisotopic (exact) mass is 293 g/mol. The highest BCUT2D eigenvalue weighted by molar-refractivity contribution is 8.13. The first-order chi connectivity index (χ1) is 9.54. The minimum absolute atomic E-state index is 0.0309. The van der Waals surface area contributed by atoms with Crippen LogP contribution in [-0.2, 0) is 0 Å². The van der Waals surface area contributed by atoms with Gasteiger partial charge in [-0.2, -0.15) is 0 Å². The molecule has 1 heterocycles. The molecule has 0 N–H and O–H groups in total. The Morgan fingerprint density at radius 1 is 1.55 bits per heavy atom. The van der Waals surface area contributed by atoms with Crippen LogP contribution >= 0.6 is 11.8 Å². The number of benzene rings is 1. The van der Waals surface area contributed by atoms with E-state index in [4.69, 9.17) is 0 Å². The molecule has 1 aliphatic rings. The van der Waals surface area contributed by atoms with Gasteiger partial charge in [-0.05, 0) is 18.7 Å². The quantitative estimate of drug-likeness (QED) is 0.633. The van der Waals surface area contributed by atoms with Crippen LogP contribution in [0.15, 0.2) is 23.2 Å². The second kappa shape index (κ2) is 6.04. The van der Waals surface area contributed by atoms with Gasteiger partial charge in [0.15, 0.2) is 5.17 Å². The molecule has 106 valence electrons. The zero-order chi connectivity index (χ0) is 14.7. The maximum absolute atomic E-state index is 12.4. The fourth-order valence-corrected chi connectivity index (χ4v) is 2.73. The van der Waals surface area contributed by atoms with E-state index in [0.717, 1.165) is 5.75 Å².